The number of likely N-dealkylation sites (N-methyl/N-ethyl adjacent to an activating group) is 1. The zero-order valence-corrected chi connectivity index (χ0v) is 13.3. The molecular weight excluding hydrogens is 325 g/mol. The SMILES string of the molecule is CN(CC(=O)NC1CC1)CC(O)COc1ccc(C(F)(F)F)cc1. The van der Waals surface area contributed by atoms with E-state index in [4.69, 9.17) is 4.74 Å². The highest BCUT2D eigenvalue weighted by Crippen LogP contribution is 2.30. The van der Waals surface area contributed by atoms with Crippen LogP contribution in [0.5, 0.6) is 5.75 Å². The van der Waals surface area contributed by atoms with E-state index in [0.29, 0.717) is 6.04 Å². The van der Waals surface area contributed by atoms with Crippen LogP contribution in [-0.4, -0.2) is 54.8 Å². The average Bonchev–Trinajstić information content (AvgIpc) is 3.28. The summed E-state index contributed by atoms with van der Waals surface area (Å²) < 4.78 is 42.6. The average molecular weight is 346 g/mol. The number of alkyl halides is 3. The number of amides is 1. The van der Waals surface area contributed by atoms with Gasteiger partial charge in [-0.15, -0.1) is 0 Å². The summed E-state index contributed by atoms with van der Waals surface area (Å²) in [6.07, 6.45) is -3.22. The first-order chi connectivity index (χ1) is 11.2. The van der Waals surface area contributed by atoms with E-state index in [1.165, 1.54) is 12.1 Å². The van der Waals surface area contributed by atoms with Crippen LogP contribution in [-0.2, 0) is 11.0 Å². The number of hydrogen-bond acceptors (Lipinski definition) is 4. The molecule has 0 spiro atoms. The van der Waals surface area contributed by atoms with Gasteiger partial charge in [-0.2, -0.15) is 13.2 Å². The predicted molar refractivity (Wildman–Crippen MR) is 81.6 cm³/mol. The molecule has 1 unspecified atom stereocenters. The van der Waals surface area contributed by atoms with E-state index in [-0.39, 0.29) is 31.4 Å². The van der Waals surface area contributed by atoms with Gasteiger partial charge in [-0.25, -0.2) is 0 Å². The second kappa shape index (κ2) is 7.85. The fraction of sp³-hybridized carbons (Fsp3) is 0.562. The zero-order valence-electron chi connectivity index (χ0n) is 13.3. The van der Waals surface area contributed by atoms with Crippen LogP contribution in [0.15, 0.2) is 24.3 Å². The Morgan fingerprint density at radius 1 is 1.38 bits per heavy atom. The van der Waals surface area contributed by atoms with E-state index in [0.717, 1.165) is 25.0 Å². The molecule has 24 heavy (non-hydrogen) atoms. The topological polar surface area (TPSA) is 61.8 Å². The van der Waals surface area contributed by atoms with Crippen LogP contribution in [0.3, 0.4) is 0 Å². The summed E-state index contributed by atoms with van der Waals surface area (Å²) in [5.74, 6) is 0.159. The Bertz CT molecular complexity index is 544. The van der Waals surface area contributed by atoms with Gasteiger partial charge in [-0.3, -0.25) is 9.69 Å². The second-order valence-electron chi connectivity index (χ2n) is 6.03. The Labute approximate surface area is 138 Å². The summed E-state index contributed by atoms with van der Waals surface area (Å²) in [5, 5.41) is 12.7. The molecular formula is C16H21F3N2O3. The molecule has 1 atom stereocenters. The van der Waals surface area contributed by atoms with Crippen molar-refractivity contribution in [2.24, 2.45) is 0 Å². The maximum absolute atomic E-state index is 12.4. The maximum atomic E-state index is 12.4. The maximum Gasteiger partial charge on any atom is 0.416 e. The van der Waals surface area contributed by atoms with Crippen molar-refractivity contribution < 1.29 is 27.8 Å². The van der Waals surface area contributed by atoms with Crippen LogP contribution in [0.1, 0.15) is 18.4 Å². The molecule has 1 aromatic carbocycles. The minimum absolute atomic E-state index is 0.0695. The number of hydrogen-bond donors (Lipinski definition) is 2. The van der Waals surface area contributed by atoms with E-state index >= 15 is 0 Å². The molecule has 0 bridgehead atoms. The molecule has 134 valence electrons. The van der Waals surface area contributed by atoms with Gasteiger partial charge in [0, 0.05) is 12.6 Å². The highest BCUT2D eigenvalue weighted by molar-refractivity contribution is 5.78. The first kappa shape index (κ1) is 18.5. The number of aliphatic hydroxyl groups excluding tert-OH is 1. The molecule has 2 N–H and O–H groups in total. The first-order valence-electron chi connectivity index (χ1n) is 7.70. The third kappa shape index (κ3) is 6.37. The van der Waals surface area contributed by atoms with Crippen molar-refractivity contribution >= 4 is 5.91 Å². The van der Waals surface area contributed by atoms with Crippen molar-refractivity contribution in [3.8, 4) is 5.75 Å². The molecule has 0 heterocycles. The molecule has 0 radical (unpaired) electrons. The van der Waals surface area contributed by atoms with Crippen LogP contribution in [0.4, 0.5) is 13.2 Å². The van der Waals surface area contributed by atoms with Crippen LogP contribution >= 0.6 is 0 Å². The molecule has 2 rings (SSSR count). The van der Waals surface area contributed by atoms with Crippen LogP contribution in [0, 0.1) is 0 Å². The van der Waals surface area contributed by atoms with Crippen molar-refractivity contribution in [1.29, 1.82) is 0 Å². The minimum atomic E-state index is -4.39. The lowest BCUT2D eigenvalue weighted by molar-refractivity contribution is -0.137. The summed E-state index contributed by atoms with van der Waals surface area (Å²) in [7, 11) is 1.70. The predicted octanol–water partition coefficient (Wildman–Crippen LogP) is 1.66. The Balaban J connectivity index is 1.69. The fourth-order valence-electron chi connectivity index (χ4n) is 2.16. The number of aliphatic hydroxyl groups is 1. The lowest BCUT2D eigenvalue weighted by Gasteiger charge is -2.20. The van der Waals surface area contributed by atoms with Gasteiger partial charge in [0.05, 0.1) is 12.1 Å². The third-order valence-corrected chi connectivity index (χ3v) is 3.50. The molecule has 0 aromatic heterocycles. The van der Waals surface area contributed by atoms with Gasteiger partial charge in [-0.1, -0.05) is 0 Å². The summed E-state index contributed by atoms with van der Waals surface area (Å²) >= 11 is 0. The minimum Gasteiger partial charge on any atom is -0.491 e. The smallest absolute Gasteiger partial charge is 0.416 e. The van der Waals surface area contributed by atoms with Crippen molar-refractivity contribution in [2.45, 2.75) is 31.2 Å². The highest BCUT2D eigenvalue weighted by Gasteiger charge is 2.30. The van der Waals surface area contributed by atoms with Gasteiger partial charge in [0.15, 0.2) is 0 Å². The Morgan fingerprint density at radius 2 is 2.00 bits per heavy atom. The molecule has 8 heteroatoms. The molecule has 1 aliphatic rings. The Morgan fingerprint density at radius 3 is 2.54 bits per heavy atom. The second-order valence-corrected chi connectivity index (χ2v) is 6.03. The van der Waals surface area contributed by atoms with E-state index in [2.05, 4.69) is 5.32 Å². The van der Waals surface area contributed by atoms with E-state index < -0.39 is 17.8 Å². The number of nitrogens with zero attached hydrogens (tertiary/aromatic N) is 1. The number of carbonyl (C=O) groups is 1. The number of nitrogens with one attached hydrogen (secondary N) is 1. The van der Waals surface area contributed by atoms with Crippen LogP contribution in [0.25, 0.3) is 0 Å². The zero-order chi connectivity index (χ0) is 17.7. The molecule has 1 fully saturated rings. The standard InChI is InChI=1S/C16H21F3N2O3/c1-21(9-15(23)20-12-4-5-12)8-13(22)10-24-14-6-2-11(3-7-14)16(17,18)19/h2-3,6-7,12-13,22H,4-5,8-10H2,1H3,(H,20,23). The van der Waals surface area contributed by atoms with E-state index in [9.17, 15) is 23.1 Å². The molecule has 0 aliphatic heterocycles. The molecule has 1 aliphatic carbocycles. The number of rotatable bonds is 8. The van der Waals surface area contributed by atoms with Crippen molar-refractivity contribution in [2.75, 3.05) is 26.7 Å². The van der Waals surface area contributed by atoms with Gasteiger partial charge >= 0.3 is 6.18 Å². The first-order valence-corrected chi connectivity index (χ1v) is 7.70. The van der Waals surface area contributed by atoms with E-state index in [1.54, 1.807) is 11.9 Å². The van der Waals surface area contributed by atoms with Gasteiger partial charge in [0.25, 0.3) is 0 Å². The summed E-state index contributed by atoms with van der Waals surface area (Å²) in [6, 6.07) is 4.57. The van der Waals surface area contributed by atoms with Crippen LogP contribution < -0.4 is 10.1 Å². The molecule has 1 amide bonds. The number of ether oxygens (including phenoxy) is 1. The van der Waals surface area contributed by atoms with Crippen molar-refractivity contribution in [3.63, 3.8) is 0 Å². The summed E-state index contributed by atoms with van der Waals surface area (Å²) in [4.78, 5) is 13.3. The molecule has 1 saturated carbocycles. The van der Waals surface area contributed by atoms with Crippen molar-refractivity contribution in [1.82, 2.24) is 10.2 Å². The Hall–Kier alpha value is -1.80. The number of benzene rings is 1. The van der Waals surface area contributed by atoms with Gasteiger partial charge in [-0.05, 0) is 44.2 Å². The third-order valence-electron chi connectivity index (χ3n) is 3.50. The van der Waals surface area contributed by atoms with Gasteiger partial charge < -0.3 is 15.2 Å². The normalized spacial score (nSPS) is 16.1. The Kier molecular flexibility index (Phi) is 6.06. The number of carbonyl (C=O) groups excluding carboxylic acids is 1. The molecule has 1 aromatic rings. The lowest BCUT2D eigenvalue weighted by atomic mass is 10.2. The highest BCUT2D eigenvalue weighted by atomic mass is 19.4. The molecule has 5 nitrogen and oxygen atoms in total. The van der Waals surface area contributed by atoms with E-state index in [1.807, 2.05) is 0 Å². The van der Waals surface area contributed by atoms with Gasteiger partial charge in [0.1, 0.15) is 18.5 Å². The molecule has 0 saturated heterocycles. The fourth-order valence-corrected chi connectivity index (χ4v) is 2.16. The number of halogens is 3. The summed E-state index contributed by atoms with van der Waals surface area (Å²) in [6.45, 7) is 0.326. The quantitative estimate of drug-likeness (QED) is 0.752. The summed E-state index contributed by atoms with van der Waals surface area (Å²) in [5.41, 5.74) is -0.753. The van der Waals surface area contributed by atoms with Crippen molar-refractivity contribution in [3.05, 3.63) is 29.8 Å². The lowest BCUT2D eigenvalue weighted by Crippen LogP contribution is -2.40. The monoisotopic (exact) mass is 346 g/mol. The van der Waals surface area contributed by atoms with Gasteiger partial charge in [0.2, 0.25) is 5.91 Å². The van der Waals surface area contributed by atoms with Crippen LogP contribution in [0.2, 0.25) is 0 Å². The largest absolute Gasteiger partial charge is 0.491 e.